The van der Waals surface area contributed by atoms with E-state index >= 15 is 0 Å². The van der Waals surface area contributed by atoms with Crippen molar-refractivity contribution in [3.05, 3.63) is 59.7 Å². The molecule has 1 amide bonds. The van der Waals surface area contributed by atoms with Crippen LogP contribution in [-0.4, -0.2) is 22.4 Å². The van der Waals surface area contributed by atoms with Crippen LogP contribution in [0.25, 0.3) is 11.0 Å². The number of para-hydroxylation sites is 1. The fraction of sp³-hybridized carbons (Fsp3) is 0.125. The number of aromatic amines is 1. The molecule has 0 unspecified atom stereocenters. The Bertz CT molecular complexity index is 856. The maximum Gasteiger partial charge on any atom is 0.258 e. The van der Waals surface area contributed by atoms with Crippen LogP contribution in [0.15, 0.2) is 42.7 Å². The monoisotopic (exact) mass is 281 g/mol. The lowest BCUT2D eigenvalue weighted by Crippen LogP contribution is -2.29. The third kappa shape index (κ3) is 1.81. The lowest BCUT2D eigenvalue weighted by atomic mass is 10.1. The summed E-state index contributed by atoms with van der Waals surface area (Å²) in [5, 5.41) is 0. The number of halogens is 1. The summed E-state index contributed by atoms with van der Waals surface area (Å²) in [5.74, 6) is -0.531. The van der Waals surface area contributed by atoms with E-state index in [4.69, 9.17) is 0 Å². The molecule has 1 N–H and O–H groups in total. The number of benzene rings is 2. The van der Waals surface area contributed by atoms with Crippen molar-refractivity contribution in [2.75, 3.05) is 11.4 Å². The highest BCUT2D eigenvalue weighted by atomic mass is 19.1. The van der Waals surface area contributed by atoms with Crippen LogP contribution in [0.4, 0.5) is 10.1 Å². The van der Waals surface area contributed by atoms with Crippen LogP contribution < -0.4 is 4.90 Å². The number of hydrogen-bond acceptors (Lipinski definition) is 2. The number of amides is 1. The lowest BCUT2D eigenvalue weighted by Gasteiger charge is -2.18. The average molecular weight is 281 g/mol. The van der Waals surface area contributed by atoms with Crippen LogP contribution in [0, 0.1) is 5.82 Å². The van der Waals surface area contributed by atoms with Crippen LogP contribution in [0.1, 0.15) is 15.9 Å². The molecule has 5 heteroatoms. The number of hydrogen-bond donors (Lipinski definition) is 1. The smallest absolute Gasteiger partial charge is 0.258 e. The van der Waals surface area contributed by atoms with Gasteiger partial charge in [0.1, 0.15) is 5.82 Å². The summed E-state index contributed by atoms with van der Waals surface area (Å²) in [6.45, 7) is 0.510. The number of imidazole rings is 1. The van der Waals surface area contributed by atoms with E-state index in [0.29, 0.717) is 24.2 Å². The van der Waals surface area contributed by atoms with E-state index in [2.05, 4.69) is 9.97 Å². The minimum absolute atomic E-state index is 0.185. The first-order valence-corrected chi connectivity index (χ1v) is 6.76. The highest BCUT2D eigenvalue weighted by Gasteiger charge is 2.28. The second-order valence-corrected chi connectivity index (χ2v) is 5.09. The van der Waals surface area contributed by atoms with Crippen molar-refractivity contribution < 1.29 is 9.18 Å². The summed E-state index contributed by atoms with van der Waals surface area (Å²) >= 11 is 0. The zero-order valence-corrected chi connectivity index (χ0v) is 11.1. The molecule has 0 aliphatic carbocycles. The Hall–Kier alpha value is -2.69. The Balaban J connectivity index is 1.76. The molecule has 4 nitrogen and oxygen atoms in total. The maximum atomic E-state index is 14.0. The number of aromatic nitrogens is 2. The zero-order valence-electron chi connectivity index (χ0n) is 11.1. The van der Waals surface area contributed by atoms with Gasteiger partial charge in [-0.15, -0.1) is 0 Å². The molecule has 3 aromatic rings. The summed E-state index contributed by atoms with van der Waals surface area (Å²) in [4.78, 5) is 21.3. The van der Waals surface area contributed by atoms with Crippen LogP contribution in [0.3, 0.4) is 0 Å². The second kappa shape index (κ2) is 4.41. The number of fused-ring (bicyclic) bond motifs is 2. The number of carbonyl (C=O) groups excluding carboxylic acids is 1. The number of rotatable bonds is 1. The van der Waals surface area contributed by atoms with E-state index in [1.807, 2.05) is 6.07 Å². The van der Waals surface area contributed by atoms with E-state index in [9.17, 15) is 9.18 Å². The Morgan fingerprint density at radius 1 is 1.29 bits per heavy atom. The lowest BCUT2D eigenvalue weighted by molar-refractivity contribution is 0.0988. The summed E-state index contributed by atoms with van der Waals surface area (Å²) < 4.78 is 14.0. The molecule has 1 aromatic heterocycles. The van der Waals surface area contributed by atoms with Gasteiger partial charge >= 0.3 is 0 Å². The van der Waals surface area contributed by atoms with Crippen LogP contribution in [-0.2, 0) is 6.42 Å². The Morgan fingerprint density at radius 3 is 3.10 bits per heavy atom. The fourth-order valence-corrected chi connectivity index (χ4v) is 2.84. The van der Waals surface area contributed by atoms with Crippen molar-refractivity contribution in [3.8, 4) is 0 Å². The topological polar surface area (TPSA) is 49.0 Å². The first kappa shape index (κ1) is 12.1. The standard InChI is InChI=1S/C16H12FN3O/c17-12-3-1-2-10-6-7-20(15(10)12)16(21)11-4-5-13-14(8-11)19-9-18-13/h1-5,8-9H,6-7H2,(H,18,19). The van der Waals surface area contributed by atoms with Gasteiger partial charge < -0.3 is 9.88 Å². The van der Waals surface area contributed by atoms with Crippen LogP contribution in [0.5, 0.6) is 0 Å². The van der Waals surface area contributed by atoms with Crippen molar-refractivity contribution in [2.24, 2.45) is 0 Å². The average Bonchev–Trinajstić information content (AvgIpc) is 3.13. The quantitative estimate of drug-likeness (QED) is 0.745. The van der Waals surface area contributed by atoms with Gasteiger partial charge in [0.2, 0.25) is 0 Å². The molecule has 0 bridgehead atoms. The highest BCUT2D eigenvalue weighted by Crippen LogP contribution is 2.32. The predicted molar refractivity (Wildman–Crippen MR) is 77.9 cm³/mol. The molecular formula is C16H12FN3O. The Labute approximate surface area is 120 Å². The minimum Gasteiger partial charge on any atom is -0.345 e. The molecule has 0 saturated heterocycles. The predicted octanol–water partition coefficient (Wildman–Crippen LogP) is 2.90. The number of nitrogens with zero attached hydrogens (tertiary/aromatic N) is 2. The fourth-order valence-electron chi connectivity index (χ4n) is 2.84. The molecule has 2 aromatic carbocycles. The van der Waals surface area contributed by atoms with Crippen LogP contribution >= 0.6 is 0 Å². The molecule has 21 heavy (non-hydrogen) atoms. The summed E-state index contributed by atoms with van der Waals surface area (Å²) in [5.41, 5.74) is 3.43. The molecule has 1 aliphatic heterocycles. The number of H-pyrrole nitrogens is 1. The molecule has 104 valence electrons. The van der Waals surface area contributed by atoms with Gasteiger partial charge in [0.25, 0.3) is 5.91 Å². The summed E-state index contributed by atoms with van der Waals surface area (Å²) in [7, 11) is 0. The third-order valence-corrected chi connectivity index (χ3v) is 3.86. The molecule has 0 spiro atoms. The Morgan fingerprint density at radius 2 is 2.19 bits per heavy atom. The van der Waals surface area contributed by atoms with Crippen LogP contribution in [0.2, 0.25) is 0 Å². The van der Waals surface area contributed by atoms with Gasteiger partial charge in [0.05, 0.1) is 23.0 Å². The molecule has 0 saturated carbocycles. The number of anilines is 1. The number of nitrogens with one attached hydrogen (secondary N) is 1. The van der Waals surface area contributed by atoms with Crippen molar-refractivity contribution in [3.63, 3.8) is 0 Å². The van der Waals surface area contributed by atoms with Gasteiger partial charge in [-0.05, 0) is 36.2 Å². The molecular weight excluding hydrogens is 269 g/mol. The third-order valence-electron chi connectivity index (χ3n) is 3.86. The van der Waals surface area contributed by atoms with Crippen molar-refractivity contribution in [2.45, 2.75) is 6.42 Å². The molecule has 0 fully saturated rings. The molecule has 2 heterocycles. The minimum atomic E-state index is -0.346. The van der Waals surface area contributed by atoms with Gasteiger partial charge in [0, 0.05) is 12.1 Å². The van der Waals surface area contributed by atoms with E-state index in [1.54, 1.807) is 30.6 Å². The van der Waals surface area contributed by atoms with Gasteiger partial charge in [-0.1, -0.05) is 12.1 Å². The zero-order chi connectivity index (χ0) is 14.4. The molecule has 0 radical (unpaired) electrons. The maximum absolute atomic E-state index is 14.0. The first-order valence-electron chi connectivity index (χ1n) is 6.76. The molecule has 0 atom stereocenters. The largest absolute Gasteiger partial charge is 0.345 e. The van der Waals surface area contributed by atoms with E-state index in [0.717, 1.165) is 16.6 Å². The van der Waals surface area contributed by atoms with E-state index < -0.39 is 0 Å². The SMILES string of the molecule is O=C(c1ccc2nc[nH]c2c1)N1CCc2cccc(F)c21. The van der Waals surface area contributed by atoms with E-state index in [1.165, 1.54) is 11.0 Å². The van der Waals surface area contributed by atoms with Crippen molar-refractivity contribution in [1.29, 1.82) is 0 Å². The van der Waals surface area contributed by atoms with Crippen molar-refractivity contribution in [1.82, 2.24) is 9.97 Å². The highest BCUT2D eigenvalue weighted by molar-refractivity contribution is 6.08. The normalized spacial score (nSPS) is 13.7. The summed E-state index contributed by atoms with van der Waals surface area (Å²) in [6, 6.07) is 10.2. The van der Waals surface area contributed by atoms with Gasteiger partial charge in [-0.3, -0.25) is 4.79 Å². The van der Waals surface area contributed by atoms with Gasteiger partial charge in [-0.2, -0.15) is 0 Å². The molecule has 1 aliphatic rings. The van der Waals surface area contributed by atoms with E-state index in [-0.39, 0.29) is 11.7 Å². The summed E-state index contributed by atoms with van der Waals surface area (Å²) in [6.07, 6.45) is 2.27. The van der Waals surface area contributed by atoms with Crippen molar-refractivity contribution >= 4 is 22.6 Å². The second-order valence-electron chi connectivity index (χ2n) is 5.09. The number of carbonyl (C=O) groups is 1. The molecule has 4 rings (SSSR count). The van der Waals surface area contributed by atoms with Gasteiger partial charge in [-0.25, -0.2) is 9.37 Å². The first-order chi connectivity index (χ1) is 10.2. The Kier molecular flexibility index (Phi) is 2.54. The van der Waals surface area contributed by atoms with Gasteiger partial charge in [0.15, 0.2) is 0 Å².